The van der Waals surface area contributed by atoms with Crippen LogP contribution < -0.4 is 5.48 Å². The minimum Gasteiger partial charge on any atom is -0.254 e. The first-order chi connectivity index (χ1) is 11.6. The van der Waals surface area contributed by atoms with Crippen LogP contribution in [0, 0.1) is 12.8 Å². The highest BCUT2D eigenvalue weighted by Crippen LogP contribution is 2.48. The van der Waals surface area contributed by atoms with Crippen LogP contribution >= 0.6 is 11.8 Å². The van der Waals surface area contributed by atoms with Crippen molar-refractivity contribution in [2.24, 2.45) is 10.9 Å². The van der Waals surface area contributed by atoms with Gasteiger partial charge in [0, 0.05) is 4.75 Å². The van der Waals surface area contributed by atoms with Gasteiger partial charge >= 0.3 is 10.1 Å². The summed E-state index contributed by atoms with van der Waals surface area (Å²) in [5, 5.41) is 0.549. The van der Waals surface area contributed by atoms with Gasteiger partial charge in [-0.25, -0.2) is 5.48 Å². The van der Waals surface area contributed by atoms with E-state index in [1.165, 1.54) is 0 Å². The Hall–Kier alpha value is -1.05. The molecule has 2 heterocycles. The van der Waals surface area contributed by atoms with Gasteiger partial charge in [0.2, 0.25) is 0 Å². The van der Waals surface area contributed by atoms with Gasteiger partial charge in [-0.3, -0.25) is 4.99 Å². The van der Waals surface area contributed by atoms with E-state index in [0.29, 0.717) is 11.1 Å². The van der Waals surface area contributed by atoms with Crippen molar-refractivity contribution < 1.29 is 12.7 Å². The van der Waals surface area contributed by atoms with Gasteiger partial charge in [0.05, 0.1) is 10.4 Å². The van der Waals surface area contributed by atoms with E-state index in [9.17, 15) is 8.42 Å². The Bertz CT molecular complexity index is 762. The topological polar surface area (TPSA) is 67.8 Å². The summed E-state index contributed by atoms with van der Waals surface area (Å²) < 4.78 is 30.0. The summed E-state index contributed by atoms with van der Waals surface area (Å²) in [6.45, 7) is 8.36. The van der Waals surface area contributed by atoms with Crippen LogP contribution in [0.3, 0.4) is 0 Å². The molecule has 2 aliphatic heterocycles. The van der Waals surface area contributed by atoms with E-state index >= 15 is 0 Å². The first-order valence-corrected chi connectivity index (χ1v) is 10.9. The van der Waals surface area contributed by atoms with E-state index in [1.807, 2.05) is 6.92 Å². The summed E-state index contributed by atoms with van der Waals surface area (Å²) in [6, 6.07) is 6.60. The van der Waals surface area contributed by atoms with Crippen molar-refractivity contribution >= 4 is 27.0 Å². The van der Waals surface area contributed by atoms with Gasteiger partial charge in [0.25, 0.3) is 0 Å². The zero-order chi connectivity index (χ0) is 18.3. The molecule has 138 valence electrons. The van der Waals surface area contributed by atoms with E-state index in [2.05, 4.69) is 26.3 Å². The predicted molar refractivity (Wildman–Crippen MR) is 102 cm³/mol. The van der Waals surface area contributed by atoms with Gasteiger partial charge in [-0.1, -0.05) is 29.5 Å². The van der Waals surface area contributed by atoms with Crippen molar-refractivity contribution in [2.75, 3.05) is 0 Å². The highest BCUT2D eigenvalue weighted by Gasteiger charge is 2.42. The lowest BCUT2D eigenvalue weighted by atomic mass is 9.73. The standard InChI is InChI=1S/C18H26N2O3S2/c1-13-5-7-15(8-6-13)25(21,22)23-20-16-19-17(2,3)14-9-11-18(4,24-16)12-10-14/h5-8,14H,9-12H2,1-4H3,(H,19,20). The summed E-state index contributed by atoms with van der Waals surface area (Å²) in [7, 11) is -3.87. The van der Waals surface area contributed by atoms with Crippen LogP contribution in [-0.2, 0) is 14.4 Å². The molecule has 0 amide bonds. The van der Waals surface area contributed by atoms with Crippen molar-refractivity contribution in [3.63, 3.8) is 0 Å². The number of aliphatic imine (C=N–C) groups is 1. The molecule has 25 heavy (non-hydrogen) atoms. The number of fused-ring (bicyclic) bond motifs is 4. The Morgan fingerprint density at radius 2 is 1.76 bits per heavy atom. The molecule has 0 saturated heterocycles. The van der Waals surface area contributed by atoms with Gasteiger partial charge in [-0.05, 0) is 71.4 Å². The number of thioether (sulfide) groups is 1. The number of aryl methyl sites for hydroxylation is 1. The third kappa shape index (κ3) is 4.20. The fourth-order valence-corrected chi connectivity index (χ4v) is 5.61. The monoisotopic (exact) mass is 382 g/mol. The van der Waals surface area contributed by atoms with Crippen molar-refractivity contribution in [1.82, 2.24) is 5.48 Å². The summed E-state index contributed by atoms with van der Waals surface area (Å²) in [5.74, 6) is 0.520. The quantitative estimate of drug-likeness (QED) is 0.799. The molecule has 0 unspecified atom stereocenters. The molecule has 1 N–H and O–H groups in total. The molecule has 3 aliphatic rings. The highest BCUT2D eigenvalue weighted by atomic mass is 32.2. The maximum atomic E-state index is 12.4. The number of hydrogen-bond donors (Lipinski definition) is 1. The van der Waals surface area contributed by atoms with Crippen LogP contribution in [0.5, 0.6) is 0 Å². The molecule has 5 nitrogen and oxygen atoms in total. The normalized spacial score (nSPS) is 28.8. The van der Waals surface area contributed by atoms with E-state index in [-0.39, 0.29) is 15.2 Å². The van der Waals surface area contributed by atoms with E-state index in [4.69, 9.17) is 9.28 Å². The average molecular weight is 383 g/mol. The fraction of sp³-hybridized carbons (Fsp3) is 0.611. The van der Waals surface area contributed by atoms with Gasteiger partial charge in [0.15, 0.2) is 5.17 Å². The third-order valence-electron chi connectivity index (χ3n) is 5.32. The van der Waals surface area contributed by atoms with E-state index in [1.54, 1.807) is 36.0 Å². The number of nitrogens with zero attached hydrogens (tertiary/aromatic N) is 1. The first kappa shape index (κ1) is 18.7. The highest BCUT2D eigenvalue weighted by molar-refractivity contribution is 8.15. The molecule has 1 aromatic carbocycles. The van der Waals surface area contributed by atoms with Crippen molar-refractivity contribution in [2.45, 2.75) is 68.6 Å². The van der Waals surface area contributed by atoms with Gasteiger partial charge < -0.3 is 0 Å². The molecule has 0 aromatic heterocycles. The maximum Gasteiger partial charge on any atom is 0.317 e. The van der Waals surface area contributed by atoms with Crippen molar-refractivity contribution in [3.05, 3.63) is 29.8 Å². The number of nitrogens with one attached hydrogen (secondary N) is 1. The molecule has 4 rings (SSSR count). The number of hydroxylamine groups is 1. The number of rotatable bonds is 3. The van der Waals surface area contributed by atoms with Crippen molar-refractivity contribution in [3.8, 4) is 0 Å². The number of hydrogen-bond acceptors (Lipinski definition) is 6. The molecular formula is C18H26N2O3S2. The average Bonchev–Trinajstić information content (AvgIpc) is 2.52. The molecule has 0 spiro atoms. The van der Waals surface area contributed by atoms with Gasteiger partial charge in [-0.15, -0.1) is 4.28 Å². The van der Waals surface area contributed by atoms with Crippen molar-refractivity contribution in [1.29, 1.82) is 0 Å². The molecule has 2 bridgehead atoms. The fourth-order valence-electron chi connectivity index (χ4n) is 3.53. The number of benzene rings is 1. The van der Waals surface area contributed by atoms with E-state index < -0.39 is 10.1 Å². The minimum atomic E-state index is -3.87. The van der Waals surface area contributed by atoms with Gasteiger partial charge in [0.1, 0.15) is 0 Å². The smallest absolute Gasteiger partial charge is 0.254 e. The Kier molecular flexibility index (Phi) is 4.94. The SMILES string of the molecule is Cc1ccc(S(=O)(=O)ONC2=NC(C)(C)C3CCC(C)(CC3)S2)cc1. The Morgan fingerprint density at radius 3 is 2.36 bits per heavy atom. The molecule has 7 heteroatoms. The summed E-state index contributed by atoms with van der Waals surface area (Å²) in [6.07, 6.45) is 4.54. The Labute approximate surface area is 154 Å². The molecule has 1 fully saturated rings. The molecule has 1 saturated carbocycles. The molecule has 0 radical (unpaired) electrons. The maximum absolute atomic E-state index is 12.4. The van der Waals surface area contributed by atoms with Crippen LogP contribution in [0.25, 0.3) is 0 Å². The third-order valence-corrected chi connectivity index (χ3v) is 7.74. The van der Waals surface area contributed by atoms with Gasteiger partial charge in [-0.2, -0.15) is 8.42 Å². The summed E-state index contributed by atoms with van der Waals surface area (Å²) in [4.78, 5) is 4.92. The van der Waals surface area contributed by atoms with Crippen LogP contribution in [-0.4, -0.2) is 23.9 Å². The zero-order valence-electron chi connectivity index (χ0n) is 15.2. The first-order valence-electron chi connectivity index (χ1n) is 8.65. The predicted octanol–water partition coefficient (Wildman–Crippen LogP) is 4.04. The Balaban J connectivity index is 1.79. The lowest BCUT2D eigenvalue weighted by molar-refractivity contribution is 0.213. The molecule has 1 aromatic rings. The summed E-state index contributed by atoms with van der Waals surface area (Å²) >= 11 is 1.60. The Morgan fingerprint density at radius 1 is 1.16 bits per heavy atom. The minimum absolute atomic E-state index is 0.0792. The van der Waals surface area contributed by atoms with Crippen LogP contribution in [0.1, 0.15) is 52.0 Å². The number of amidine groups is 1. The largest absolute Gasteiger partial charge is 0.317 e. The molecule has 0 atom stereocenters. The summed E-state index contributed by atoms with van der Waals surface area (Å²) in [5.41, 5.74) is 3.40. The zero-order valence-corrected chi connectivity index (χ0v) is 16.8. The second kappa shape index (κ2) is 6.59. The second-order valence-corrected chi connectivity index (χ2v) is 11.0. The molecular weight excluding hydrogens is 356 g/mol. The van der Waals surface area contributed by atoms with Crippen LogP contribution in [0.15, 0.2) is 34.2 Å². The lowest BCUT2D eigenvalue weighted by Gasteiger charge is -2.44. The second-order valence-electron chi connectivity index (χ2n) is 7.85. The van der Waals surface area contributed by atoms with Crippen LogP contribution in [0.4, 0.5) is 0 Å². The lowest BCUT2D eigenvalue weighted by Crippen LogP contribution is -2.43. The molecule has 1 aliphatic carbocycles. The van der Waals surface area contributed by atoms with Crippen LogP contribution in [0.2, 0.25) is 0 Å². The van der Waals surface area contributed by atoms with E-state index in [0.717, 1.165) is 31.2 Å².